The van der Waals surface area contributed by atoms with E-state index in [-0.39, 0.29) is 24.6 Å². The van der Waals surface area contributed by atoms with Gasteiger partial charge in [-0.3, -0.25) is 4.79 Å². The Labute approximate surface area is 143 Å². The second-order valence-electron chi connectivity index (χ2n) is 5.95. The number of anilines is 2. The summed E-state index contributed by atoms with van der Waals surface area (Å²) in [4.78, 5) is 25.5. The highest BCUT2D eigenvalue weighted by Gasteiger charge is 2.32. The van der Waals surface area contributed by atoms with Crippen molar-refractivity contribution in [2.24, 2.45) is 0 Å². The fraction of sp³-hybridized carbons (Fsp3) is 0.222. The number of aryl methyl sites for hydroxylation is 1. The summed E-state index contributed by atoms with van der Waals surface area (Å²) in [7, 11) is 0. The molecule has 0 aliphatic carbocycles. The molecule has 0 saturated carbocycles. The van der Waals surface area contributed by atoms with Gasteiger partial charge in [-0.15, -0.1) is 0 Å². The molecule has 1 saturated heterocycles. The second kappa shape index (κ2) is 6.88. The zero-order valence-electron chi connectivity index (χ0n) is 13.6. The van der Waals surface area contributed by atoms with Crippen molar-refractivity contribution in [3.8, 4) is 0 Å². The lowest BCUT2D eigenvalue weighted by Crippen LogP contribution is -2.39. The van der Waals surface area contributed by atoms with Gasteiger partial charge in [-0.25, -0.2) is 13.6 Å². The maximum atomic E-state index is 13.3. The smallest absolute Gasteiger partial charge is 0.319 e. The van der Waals surface area contributed by atoms with Gasteiger partial charge in [-0.2, -0.15) is 0 Å². The van der Waals surface area contributed by atoms with Crippen LogP contribution < -0.4 is 15.5 Å². The summed E-state index contributed by atoms with van der Waals surface area (Å²) in [6, 6.07) is 9.38. The van der Waals surface area contributed by atoms with Crippen molar-refractivity contribution in [1.82, 2.24) is 5.32 Å². The number of carbonyl (C=O) groups excluding carboxylic acids is 2. The lowest BCUT2D eigenvalue weighted by Gasteiger charge is -2.18. The molecule has 7 heteroatoms. The van der Waals surface area contributed by atoms with E-state index in [4.69, 9.17) is 0 Å². The monoisotopic (exact) mass is 345 g/mol. The van der Waals surface area contributed by atoms with Gasteiger partial charge in [0.1, 0.15) is 11.6 Å². The quantitative estimate of drug-likeness (QED) is 0.897. The number of para-hydroxylation sites is 1. The van der Waals surface area contributed by atoms with Crippen LogP contribution in [0.1, 0.15) is 12.0 Å². The van der Waals surface area contributed by atoms with Crippen molar-refractivity contribution in [2.75, 3.05) is 16.8 Å². The number of amides is 3. The molecular formula is C18H17F2N3O2. The van der Waals surface area contributed by atoms with Crippen molar-refractivity contribution in [3.05, 3.63) is 59.7 Å². The molecule has 0 spiro atoms. The summed E-state index contributed by atoms with van der Waals surface area (Å²) >= 11 is 0. The number of urea groups is 1. The van der Waals surface area contributed by atoms with Gasteiger partial charge < -0.3 is 15.5 Å². The van der Waals surface area contributed by atoms with Gasteiger partial charge in [0.25, 0.3) is 0 Å². The van der Waals surface area contributed by atoms with E-state index in [1.165, 1.54) is 4.90 Å². The van der Waals surface area contributed by atoms with Crippen LogP contribution in [0.4, 0.5) is 25.0 Å². The molecule has 5 nitrogen and oxygen atoms in total. The van der Waals surface area contributed by atoms with E-state index in [2.05, 4.69) is 10.6 Å². The SMILES string of the molecule is Cc1ccccc1NC(=O)NC1CC(=O)N(c2cc(F)cc(F)c2)C1. The fourth-order valence-corrected chi connectivity index (χ4v) is 2.81. The van der Waals surface area contributed by atoms with E-state index < -0.39 is 23.7 Å². The molecular weight excluding hydrogens is 328 g/mol. The molecule has 1 unspecified atom stereocenters. The molecule has 130 valence electrons. The summed E-state index contributed by atoms with van der Waals surface area (Å²) in [5.74, 6) is -1.81. The first-order valence-corrected chi connectivity index (χ1v) is 7.82. The van der Waals surface area contributed by atoms with Crippen molar-refractivity contribution in [3.63, 3.8) is 0 Å². The number of rotatable bonds is 3. The molecule has 2 aromatic carbocycles. The standard InChI is InChI=1S/C18H17F2N3O2/c1-11-4-2-3-5-16(11)22-18(25)21-14-9-17(24)23(10-14)15-7-12(19)6-13(20)8-15/h2-8,14H,9-10H2,1H3,(H2,21,22,25). The molecule has 1 aliphatic rings. The summed E-state index contributed by atoms with van der Waals surface area (Å²) < 4.78 is 26.7. The first kappa shape index (κ1) is 16.9. The van der Waals surface area contributed by atoms with Crippen molar-refractivity contribution < 1.29 is 18.4 Å². The number of benzene rings is 2. The molecule has 2 aromatic rings. The summed E-state index contributed by atoms with van der Waals surface area (Å²) in [5.41, 5.74) is 1.73. The highest BCUT2D eigenvalue weighted by molar-refractivity contribution is 5.97. The van der Waals surface area contributed by atoms with E-state index in [1.54, 1.807) is 6.07 Å². The summed E-state index contributed by atoms with van der Waals surface area (Å²) in [5, 5.41) is 5.44. The Balaban J connectivity index is 1.64. The minimum absolute atomic E-state index is 0.0688. The Morgan fingerprint density at radius 3 is 2.52 bits per heavy atom. The minimum Gasteiger partial charge on any atom is -0.333 e. The molecule has 1 aliphatic heterocycles. The number of carbonyl (C=O) groups is 2. The Kier molecular flexibility index (Phi) is 4.65. The van der Waals surface area contributed by atoms with Gasteiger partial charge in [0.15, 0.2) is 0 Å². The van der Waals surface area contributed by atoms with E-state index >= 15 is 0 Å². The van der Waals surface area contributed by atoms with Crippen LogP contribution in [0, 0.1) is 18.6 Å². The molecule has 2 N–H and O–H groups in total. The third kappa shape index (κ3) is 3.93. The van der Waals surface area contributed by atoms with Crippen LogP contribution in [-0.2, 0) is 4.79 Å². The maximum Gasteiger partial charge on any atom is 0.319 e. The predicted octanol–water partition coefficient (Wildman–Crippen LogP) is 3.20. The fourth-order valence-electron chi connectivity index (χ4n) is 2.81. The van der Waals surface area contributed by atoms with Crippen LogP contribution >= 0.6 is 0 Å². The van der Waals surface area contributed by atoms with Crippen molar-refractivity contribution in [2.45, 2.75) is 19.4 Å². The third-order valence-electron chi connectivity index (χ3n) is 4.01. The normalized spacial score (nSPS) is 16.8. The molecule has 1 fully saturated rings. The van der Waals surface area contributed by atoms with E-state index in [0.717, 1.165) is 23.8 Å². The Morgan fingerprint density at radius 1 is 1.16 bits per heavy atom. The van der Waals surface area contributed by atoms with Gasteiger partial charge in [0.05, 0.1) is 6.04 Å². The molecule has 3 rings (SSSR count). The molecule has 1 atom stereocenters. The first-order chi connectivity index (χ1) is 11.9. The van der Waals surface area contributed by atoms with Crippen LogP contribution in [0.2, 0.25) is 0 Å². The van der Waals surface area contributed by atoms with Crippen molar-refractivity contribution >= 4 is 23.3 Å². The van der Waals surface area contributed by atoms with Gasteiger partial charge in [-0.05, 0) is 30.7 Å². The largest absolute Gasteiger partial charge is 0.333 e. The topological polar surface area (TPSA) is 61.4 Å². The van der Waals surface area contributed by atoms with Gasteiger partial charge in [-0.1, -0.05) is 18.2 Å². The molecule has 25 heavy (non-hydrogen) atoms. The predicted molar refractivity (Wildman–Crippen MR) is 90.4 cm³/mol. The minimum atomic E-state index is -0.753. The van der Waals surface area contributed by atoms with Gasteiger partial charge in [0.2, 0.25) is 5.91 Å². The molecule has 1 heterocycles. The zero-order valence-corrected chi connectivity index (χ0v) is 13.6. The third-order valence-corrected chi connectivity index (χ3v) is 4.01. The average molecular weight is 345 g/mol. The maximum absolute atomic E-state index is 13.3. The van der Waals surface area contributed by atoms with Crippen LogP contribution in [0.25, 0.3) is 0 Å². The molecule has 0 bridgehead atoms. The second-order valence-corrected chi connectivity index (χ2v) is 5.95. The Bertz CT molecular complexity index is 805. The van der Waals surface area contributed by atoms with E-state index in [1.807, 2.05) is 25.1 Å². The van der Waals surface area contributed by atoms with Crippen LogP contribution in [-0.4, -0.2) is 24.5 Å². The number of hydrogen-bond acceptors (Lipinski definition) is 2. The highest BCUT2D eigenvalue weighted by Crippen LogP contribution is 2.24. The molecule has 3 amide bonds. The molecule has 0 aromatic heterocycles. The molecule has 0 radical (unpaired) electrons. The van der Waals surface area contributed by atoms with Crippen LogP contribution in [0.15, 0.2) is 42.5 Å². The number of nitrogens with one attached hydrogen (secondary N) is 2. The highest BCUT2D eigenvalue weighted by atomic mass is 19.1. The summed E-state index contributed by atoms with van der Waals surface area (Å²) in [6.07, 6.45) is 0.0688. The van der Waals surface area contributed by atoms with E-state index in [9.17, 15) is 18.4 Å². The van der Waals surface area contributed by atoms with Gasteiger partial charge in [0, 0.05) is 30.4 Å². The average Bonchev–Trinajstić information content (AvgIpc) is 2.89. The van der Waals surface area contributed by atoms with Crippen LogP contribution in [0.3, 0.4) is 0 Å². The number of hydrogen-bond donors (Lipinski definition) is 2. The Hall–Kier alpha value is -2.96. The van der Waals surface area contributed by atoms with Crippen LogP contribution in [0.5, 0.6) is 0 Å². The Morgan fingerprint density at radius 2 is 1.84 bits per heavy atom. The van der Waals surface area contributed by atoms with Crippen molar-refractivity contribution in [1.29, 1.82) is 0 Å². The zero-order chi connectivity index (χ0) is 18.0. The van der Waals surface area contributed by atoms with Gasteiger partial charge >= 0.3 is 6.03 Å². The number of halogens is 2. The lowest BCUT2D eigenvalue weighted by atomic mass is 10.2. The van der Waals surface area contributed by atoms with E-state index in [0.29, 0.717) is 5.69 Å². The summed E-state index contributed by atoms with van der Waals surface area (Å²) in [6.45, 7) is 2.03. The first-order valence-electron chi connectivity index (χ1n) is 7.82. The lowest BCUT2D eigenvalue weighted by molar-refractivity contribution is -0.117. The number of nitrogens with zero attached hydrogens (tertiary/aromatic N) is 1.